The van der Waals surface area contributed by atoms with Crippen molar-refractivity contribution in [2.75, 3.05) is 0 Å². The second kappa shape index (κ2) is 10.2. The van der Waals surface area contributed by atoms with Gasteiger partial charge in [0.25, 0.3) is 0 Å². The van der Waals surface area contributed by atoms with Crippen LogP contribution in [0.1, 0.15) is 0 Å². The highest BCUT2D eigenvalue weighted by Gasteiger charge is 2.17. The lowest BCUT2D eigenvalue weighted by molar-refractivity contribution is 1.31. The summed E-state index contributed by atoms with van der Waals surface area (Å²) in [6.45, 7) is 0. The number of rotatable bonds is 4. The Kier molecular flexibility index (Phi) is 5.82. The molecular formula is C41H27N2P. The van der Waals surface area contributed by atoms with E-state index in [0.717, 1.165) is 16.7 Å². The summed E-state index contributed by atoms with van der Waals surface area (Å²) in [5.41, 5.74) is 6.75. The zero-order valence-electron chi connectivity index (χ0n) is 23.9. The summed E-state index contributed by atoms with van der Waals surface area (Å²) in [4.78, 5) is 5.12. The molecule has 0 aliphatic carbocycles. The van der Waals surface area contributed by atoms with E-state index >= 15 is 0 Å². The second-order valence-corrected chi connectivity index (χ2v) is 13.5. The van der Waals surface area contributed by atoms with E-state index in [0.29, 0.717) is 0 Å². The molecule has 2 aromatic heterocycles. The number of pyridine rings is 1. The van der Waals surface area contributed by atoms with Crippen LogP contribution in [0.5, 0.6) is 0 Å². The van der Waals surface area contributed by atoms with E-state index in [-0.39, 0.29) is 0 Å². The van der Waals surface area contributed by atoms with Crippen LogP contribution in [-0.2, 0) is 0 Å². The van der Waals surface area contributed by atoms with Crippen LogP contribution in [0.3, 0.4) is 0 Å². The van der Waals surface area contributed by atoms with Crippen molar-refractivity contribution in [3.8, 4) is 11.1 Å². The van der Waals surface area contributed by atoms with Gasteiger partial charge < -0.3 is 0 Å². The van der Waals surface area contributed by atoms with Gasteiger partial charge in [0.2, 0.25) is 0 Å². The second-order valence-electron chi connectivity index (χ2n) is 11.3. The number of para-hydroxylation sites is 3. The van der Waals surface area contributed by atoms with E-state index in [1.165, 1.54) is 59.5 Å². The van der Waals surface area contributed by atoms with E-state index in [4.69, 9.17) is 4.98 Å². The maximum absolute atomic E-state index is 5.12. The van der Waals surface area contributed by atoms with Crippen molar-refractivity contribution in [3.63, 3.8) is 0 Å². The molecule has 0 atom stereocenters. The van der Waals surface area contributed by atoms with Crippen LogP contribution >= 0.6 is 7.92 Å². The lowest BCUT2D eigenvalue weighted by Crippen LogP contribution is -2.20. The minimum absolute atomic E-state index is 0.641. The Morgan fingerprint density at radius 1 is 0.409 bits per heavy atom. The molecule has 0 amide bonds. The number of hydrogen-bond donors (Lipinski definition) is 0. The third-order valence-electron chi connectivity index (χ3n) is 8.70. The molecule has 0 bridgehead atoms. The molecule has 0 N–H and O–H groups in total. The molecule has 0 spiro atoms. The summed E-state index contributed by atoms with van der Waals surface area (Å²) in [5, 5.41) is 10.2. The van der Waals surface area contributed by atoms with Crippen LogP contribution in [-0.4, -0.2) is 9.38 Å². The lowest BCUT2D eigenvalue weighted by Gasteiger charge is -2.20. The van der Waals surface area contributed by atoms with Gasteiger partial charge in [-0.3, -0.25) is 4.40 Å². The molecule has 2 nitrogen and oxygen atoms in total. The van der Waals surface area contributed by atoms with Crippen molar-refractivity contribution in [2.45, 2.75) is 0 Å². The largest absolute Gasteiger partial charge is 0.292 e. The first kappa shape index (κ1) is 25.2. The SMILES string of the molecule is c1ccc(P(c2ccccc2)c2ccc3cc(-c4ccc5c6ccccc6n6c7ccccc7nc6c5c4)ccc3c2)cc1. The van der Waals surface area contributed by atoms with Crippen molar-refractivity contribution in [1.29, 1.82) is 0 Å². The Hall–Kier alpha value is -5.30. The van der Waals surface area contributed by atoms with Crippen LogP contribution < -0.4 is 15.9 Å². The molecule has 0 aliphatic rings. The third-order valence-corrected chi connectivity index (χ3v) is 11.1. The number of fused-ring (bicyclic) bond motifs is 9. The van der Waals surface area contributed by atoms with E-state index in [9.17, 15) is 0 Å². The molecule has 206 valence electrons. The molecule has 0 fully saturated rings. The highest BCUT2D eigenvalue weighted by Crippen LogP contribution is 2.37. The first-order chi connectivity index (χ1) is 21.8. The van der Waals surface area contributed by atoms with Crippen molar-refractivity contribution in [2.24, 2.45) is 0 Å². The maximum Gasteiger partial charge on any atom is 0.146 e. The van der Waals surface area contributed by atoms with E-state index in [1.807, 2.05) is 0 Å². The normalized spacial score (nSPS) is 11.8. The summed E-state index contributed by atoms with van der Waals surface area (Å²) in [5.74, 6) is 0. The van der Waals surface area contributed by atoms with Gasteiger partial charge in [-0.15, -0.1) is 0 Å². The molecule has 9 rings (SSSR count). The molecule has 0 unspecified atom stereocenters. The van der Waals surface area contributed by atoms with Gasteiger partial charge in [0.05, 0.1) is 16.6 Å². The minimum Gasteiger partial charge on any atom is -0.292 e. The number of imidazole rings is 1. The molecule has 0 saturated heterocycles. The van der Waals surface area contributed by atoms with E-state index < -0.39 is 7.92 Å². The lowest BCUT2D eigenvalue weighted by atomic mass is 9.97. The Morgan fingerprint density at radius 2 is 1.02 bits per heavy atom. The van der Waals surface area contributed by atoms with Crippen LogP contribution in [0, 0.1) is 0 Å². The minimum atomic E-state index is -0.641. The molecule has 9 aromatic rings. The topological polar surface area (TPSA) is 17.3 Å². The fraction of sp³-hybridized carbons (Fsp3) is 0. The fourth-order valence-corrected chi connectivity index (χ4v) is 8.97. The average molecular weight is 579 g/mol. The summed E-state index contributed by atoms with van der Waals surface area (Å²) in [6.07, 6.45) is 0. The van der Waals surface area contributed by atoms with Gasteiger partial charge in [0, 0.05) is 10.8 Å². The highest BCUT2D eigenvalue weighted by molar-refractivity contribution is 7.79. The van der Waals surface area contributed by atoms with Gasteiger partial charge >= 0.3 is 0 Å². The Labute approximate surface area is 256 Å². The van der Waals surface area contributed by atoms with Crippen molar-refractivity contribution < 1.29 is 0 Å². The van der Waals surface area contributed by atoms with Gasteiger partial charge in [-0.2, -0.15) is 0 Å². The van der Waals surface area contributed by atoms with Gasteiger partial charge in [-0.05, 0) is 87.5 Å². The van der Waals surface area contributed by atoms with Crippen LogP contribution in [0.4, 0.5) is 0 Å². The van der Waals surface area contributed by atoms with Gasteiger partial charge in [-0.1, -0.05) is 127 Å². The zero-order valence-corrected chi connectivity index (χ0v) is 24.8. The van der Waals surface area contributed by atoms with Gasteiger partial charge in [0.15, 0.2) is 0 Å². The molecule has 44 heavy (non-hydrogen) atoms. The molecule has 2 heterocycles. The van der Waals surface area contributed by atoms with Crippen LogP contribution in [0.25, 0.3) is 60.3 Å². The smallest absolute Gasteiger partial charge is 0.146 e. The van der Waals surface area contributed by atoms with Gasteiger partial charge in [-0.25, -0.2) is 4.98 Å². The zero-order chi connectivity index (χ0) is 29.0. The Balaban J connectivity index is 1.19. The average Bonchev–Trinajstić information content (AvgIpc) is 3.49. The van der Waals surface area contributed by atoms with E-state index in [1.54, 1.807) is 0 Å². The molecular weight excluding hydrogens is 551 g/mol. The first-order valence-electron chi connectivity index (χ1n) is 15.0. The van der Waals surface area contributed by atoms with Crippen LogP contribution in [0.15, 0.2) is 164 Å². The summed E-state index contributed by atoms with van der Waals surface area (Å²) in [6, 6.07) is 59.6. The van der Waals surface area contributed by atoms with Crippen LogP contribution in [0.2, 0.25) is 0 Å². The molecule has 7 aromatic carbocycles. The molecule has 0 aliphatic heterocycles. The Bertz CT molecular complexity index is 2460. The number of aromatic nitrogens is 2. The maximum atomic E-state index is 5.12. The standard InChI is InChI=1S/C41H27N2P/c1-3-11-32(12-4-1)44(33-13-5-2-6-14-33)34-23-21-29-25-28(19-20-30(29)26-34)31-22-24-35-36-15-7-9-17-39(36)43-40-18-10-8-16-38(40)42-41(43)37(35)27-31/h1-27H. The van der Waals surface area contributed by atoms with Gasteiger partial charge in [0.1, 0.15) is 5.65 Å². The number of nitrogens with zero attached hydrogens (tertiary/aromatic N) is 2. The molecule has 0 saturated carbocycles. The predicted molar refractivity (Wildman–Crippen MR) is 189 cm³/mol. The molecule has 0 radical (unpaired) electrons. The van der Waals surface area contributed by atoms with Crippen molar-refractivity contribution in [3.05, 3.63) is 164 Å². The van der Waals surface area contributed by atoms with Crippen molar-refractivity contribution in [1.82, 2.24) is 9.38 Å². The Morgan fingerprint density at radius 3 is 1.82 bits per heavy atom. The quantitative estimate of drug-likeness (QED) is 0.150. The number of benzene rings is 7. The first-order valence-corrected chi connectivity index (χ1v) is 16.3. The fourth-order valence-electron chi connectivity index (χ4n) is 6.64. The number of hydrogen-bond acceptors (Lipinski definition) is 1. The van der Waals surface area contributed by atoms with Crippen molar-refractivity contribution >= 4 is 73.0 Å². The van der Waals surface area contributed by atoms with E-state index in [2.05, 4.69) is 168 Å². The summed E-state index contributed by atoms with van der Waals surface area (Å²) < 4.78 is 2.32. The summed E-state index contributed by atoms with van der Waals surface area (Å²) >= 11 is 0. The summed E-state index contributed by atoms with van der Waals surface area (Å²) in [7, 11) is -0.641. The highest BCUT2D eigenvalue weighted by atomic mass is 31.1. The predicted octanol–water partition coefficient (Wildman–Crippen LogP) is 9.37. The monoisotopic (exact) mass is 578 g/mol. The third kappa shape index (κ3) is 4.03. The molecule has 3 heteroatoms.